The highest BCUT2D eigenvalue weighted by Gasteiger charge is 2.16. The van der Waals surface area contributed by atoms with Crippen molar-refractivity contribution in [2.75, 3.05) is 0 Å². The number of hydrogen-bond donors (Lipinski definition) is 1. The highest BCUT2D eigenvalue weighted by atomic mass is 32.1. The number of benzene rings is 1. The maximum Gasteiger partial charge on any atom is 0.234 e. The molecule has 8 nitrogen and oxygen atoms in total. The first-order chi connectivity index (χ1) is 11.7. The van der Waals surface area contributed by atoms with E-state index in [-0.39, 0.29) is 18.6 Å². The molecule has 0 atom stereocenters. The second kappa shape index (κ2) is 5.82. The van der Waals surface area contributed by atoms with Crippen LogP contribution < -0.4 is 0 Å². The number of carbonyl (C=O) groups is 1. The van der Waals surface area contributed by atoms with Gasteiger partial charge in [0.2, 0.25) is 4.96 Å². The van der Waals surface area contributed by atoms with Crippen molar-refractivity contribution in [3.63, 3.8) is 0 Å². The maximum atomic E-state index is 12.3. The summed E-state index contributed by atoms with van der Waals surface area (Å²) in [6.45, 7) is 0. The second-order valence-corrected chi connectivity index (χ2v) is 6.21. The average molecular weight is 337 g/mol. The van der Waals surface area contributed by atoms with Gasteiger partial charge >= 0.3 is 0 Å². The molecule has 24 heavy (non-hydrogen) atoms. The van der Waals surface area contributed by atoms with Gasteiger partial charge in [-0.3, -0.25) is 4.79 Å². The number of H-pyrrole nitrogens is 1. The normalized spacial score (nSPS) is 11.1. The summed E-state index contributed by atoms with van der Waals surface area (Å²) in [5.74, 6) is 0.866. The minimum Gasteiger partial charge on any atom is -0.335 e. The van der Waals surface area contributed by atoms with Gasteiger partial charge in [-0.25, -0.2) is 4.98 Å². The molecule has 0 unspecified atom stereocenters. The largest absolute Gasteiger partial charge is 0.335 e. The molecule has 1 aromatic carbocycles. The summed E-state index contributed by atoms with van der Waals surface area (Å²) in [6, 6.07) is 9.57. The van der Waals surface area contributed by atoms with Crippen molar-refractivity contribution in [3.8, 4) is 6.07 Å². The van der Waals surface area contributed by atoms with Crippen molar-refractivity contribution in [2.45, 2.75) is 19.3 Å². The summed E-state index contributed by atoms with van der Waals surface area (Å²) in [4.78, 5) is 20.3. The number of ketones is 1. The van der Waals surface area contributed by atoms with Gasteiger partial charge in [-0.05, 0) is 12.1 Å². The predicted octanol–water partition coefficient (Wildman–Crippen LogP) is 1.94. The van der Waals surface area contributed by atoms with E-state index >= 15 is 0 Å². The average Bonchev–Trinajstić information content (AvgIpc) is 3.26. The number of hydrogen-bond acceptors (Lipinski definition) is 7. The number of aryl methyl sites for hydroxylation is 1. The topological polar surface area (TPSA) is 113 Å². The van der Waals surface area contributed by atoms with Crippen LogP contribution in [0.15, 0.2) is 24.3 Å². The van der Waals surface area contributed by atoms with Crippen LogP contribution in [0, 0.1) is 11.3 Å². The molecule has 0 bridgehead atoms. The third kappa shape index (κ3) is 2.53. The summed E-state index contributed by atoms with van der Waals surface area (Å²) in [6.07, 6.45) is 0.907. The van der Waals surface area contributed by atoms with E-state index in [1.807, 2.05) is 24.3 Å². The quantitative estimate of drug-likeness (QED) is 0.557. The van der Waals surface area contributed by atoms with Gasteiger partial charge in [0, 0.05) is 12.8 Å². The zero-order chi connectivity index (χ0) is 16.5. The summed E-state index contributed by atoms with van der Waals surface area (Å²) in [7, 11) is 0. The van der Waals surface area contributed by atoms with Crippen LogP contribution in [0.25, 0.3) is 16.0 Å². The van der Waals surface area contributed by atoms with Gasteiger partial charge in [0.25, 0.3) is 0 Å². The number of nitriles is 1. The molecule has 0 aliphatic carbocycles. The first-order valence-corrected chi connectivity index (χ1v) is 8.11. The van der Waals surface area contributed by atoms with Gasteiger partial charge in [-0.2, -0.15) is 14.9 Å². The van der Waals surface area contributed by atoms with Crippen LogP contribution in [0.1, 0.15) is 27.9 Å². The zero-order valence-corrected chi connectivity index (χ0v) is 13.2. The summed E-state index contributed by atoms with van der Waals surface area (Å²) >= 11 is 1.33. The number of nitrogens with one attached hydrogen (secondary N) is 1. The number of imidazole rings is 1. The molecule has 118 valence electrons. The van der Waals surface area contributed by atoms with E-state index < -0.39 is 0 Å². The smallest absolute Gasteiger partial charge is 0.234 e. The molecule has 4 rings (SSSR count). The van der Waals surface area contributed by atoms with Crippen molar-refractivity contribution in [1.29, 1.82) is 5.26 Å². The Morgan fingerprint density at radius 1 is 1.33 bits per heavy atom. The van der Waals surface area contributed by atoms with E-state index in [4.69, 9.17) is 5.26 Å². The Labute approximate surface area is 139 Å². The number of rotatable bonds is 5. The Hall–Kier alpha value is -3.12. The SMILES string of the molecule is N#CCc1nn2c(CCC(=O)c3nc4ccccc4[nH]3)nnc2s1. The standard InChI is InChI=1S/C15H11N7OS/c16-8-7-13-21-22-12(19-20-15(22)24-13)6-5-11(23)14-17-9-3-1-2-4-10(9)18-14/h1-4H,5-7H2,(H,17,18). The first-order valence-electron chi connectivity index (χ1n) is 7.29. The summed E-state index contributed by atoms with van der Waals surface area (Å²) in [5.41, 5.74) is 1.61. The lowest BCUT2D eigenvalue weighted by atomic mass is 10.2. The van der Waals surface area contributed by atoms with Gasteiger partial charge < -0.3 is 4.98 Å². The third-order valence-electron chi connectivity index (χ3n) is 3.56. The van der Waals surface area contributed by atoms with Crippen molar-refractivity contribution < 1.29 is 4.79 Å². The van der Waals surface area contributed by atoms with Gasteiger partial charge in [-0.1, -0.05) is 23.5 Å². The van der Waals surface area contributed by atoms with Crippen LogP contribution in [0.2, 0.25) is 0 Å². The Morgan fingerprint density at radius 3 is 3.04 bits per heavy atom. The van der Waals surface area contributed by atoms with E-state index in [0.717, 1.165) is 11.0 Å². The van der Waals surface area contributed by atoms with Gasteiger partial charge in [0.1, 0.15) is 5.01 Å². The lowest BCUT2D eigenvalue weighted by molar-refractivity contribution is 0.0973. The fourth-order valence-electron chi connectivity index (χ4n) is 2.42. The molecule has 1 N–H and O–H groups in total. The van der Waals surface area contributed by atoms with Crippen molar-refractivity contribution in [3.05, 3.63) is 40.9 Å². The number of para-hydroxylation sites is 2. The lowest BCUT2D eigenvalue weighted by Crippen LogP contribution is -2.06. The molecule has 0 radical (unpaired) electrons. The van der Waals surface area contributed by atoms with Gasteiger partial charge in [0.05, 0.1) is 23.5 Å². The molecule has 4 aromatic rings. The monoisotopic (exact) mass is 337 g/mol. The third-order valence-corrected chi connectivity index (χ3v) is 4.46. The van der Waals surface area contributed by atoms with Crippen LogP contribution in [0.5, 0.6) is 0 Å². The molecule has 3 aromatic heterocycles. The molecule has 0 amide bonds. The van der Waals surface area contributed by atoms with E-state index in [0.29, 0.717) is 28.0 Å². The number of aromatic nitrogens is 6. The van der Waals surface area contributed by atoms with Crippen molar-refractivity contribution in [2.24, 2.45) is 0 Å². The van der Waals surface area contributed by atoms with E-state index in [1.165, 1.54) is 11.3 Å². The van der Waals surface area contributed by atoms with E-state index in [1.54, 1.807) is 4.52 Å². The van der Waals surface area contributed by atoms with Gasteiger partial charge in [0.15, 0.2) is 17.4 Å². The molecular formula is C15H11N7OS. The summed E-state index contributed by atoms with van der Waals surface area (Å²) in [5, 5.41) is 21.8. The summed E-state index contributed by atoms with van der Waals surface area (Å²) < 4.78 is 1.60. The molecule has 3 heterocycles. The number of Topliss-reactive ketones (excluding diaryl/α,β-unsaturated/α-hetero) is 1. The van der Waals surface area contributed by atoms with Crippen LogP contribution in [0.4, 0.5) is 0 Å². The lowest BCUT2D eigenvalue weighted by Gasteiger charge is -1.96. The highest BCUT2D eigenvalue weighted by molar-refractivity contribution is 7.16. The molecule has 9 heteroatoms. The van der Waals surface area contributed by atoms with Crippen molar-refractivity contribution >= 4 is 33.1 Å². The molecule has 0 saturated carbocycles. The van der Waals surface area contributed by atoms with Crippen LogP contribution in [0.3, 0.4) is 0 Å². The van der Waals surface area contributed by atoms with E-state index in [9.17, 15) is 4.79 Å². The number of carbonyl (C=O) groups excluding carboxylic acids is 1. The molecule has 0 aliphatic rings. The molecule has 0 aliphatic heterocycles. The minimum atomic E-state index is -0.0876. The molecule has 0 saturated heterocycles. The maximum absolute atomic E-state index is 12.3. The Kier molecular flexibility index (Phi) is 3.51. The predicted molar refractivity (Wildman–Crippen MR) is 86.7 cm³/mol. The molecule has 0 fully saturated rings. The van der Waals surface area contributed by atoms with E-state index in [2.05, 4.69) is 31.3 Å². The Morgan fingerprint density at radius 2 is 2.21 bits per heavy atom. The first kappa shape index (κ1) is 14.5. The zero-order valence-electron chi connectivity index (χ0n) is 12.4. The fourth-order valence-corrected chi connectivity index (χ4v) is 3.20. The Balaban J connectivity index is 1.51. The minimum absolute atomic E-state index is 0.0876. The second-order valence-electron chi connectivity index (χ2n) is 5.17. The number of aromatic amines is 1. The van der Waals surface area contributed by atoms with Gasteiger partial charge in [-0.15, -0.1) is 10.2 Å². The number of fused-ring (bicyclic) bond motifs is 2. The van der Waals surface area contributed by atoms with Crippen molar-refractivity contribution in [1.82, 2.24) is 29.8 Å². The fraction of sp³-hybridized carbons (Fsp3) is 0.200. The highest BCUT2D eigenvalue weighted by Crippen LogP contribution is 2.16. The molecular weight excluding hydrogens is 326 g/mol. The Bertz CT molecular complexity index is 1050. The van der Waals surface area contributed by atoms with Crippen LogP contribution in [-0.2, 0) is 12.8 Å². The van der Waals surface area contributed by atoms with Crippen LogP contribution >= 0.6 is 11.3 Å². The van der Waals surface area contributed by atoms with Crippen LogP contribution in [-0.4, -0.2) is 35.6 Å². The molecule has 0 spiro atoms. The number of nitrogens with zero attached hydrogens (tertiary/aromatic N) is 6.